The number of nitrogen functional groups attached to an aromatic ring is 2. The van der Waals surface area contributed by atoms with Crippen molar-refractivity contribution >= 4 is 70.9 Å². The number of anilines is 2. The largest absolute Gasteiger partial charge is 0.399 e. The molecule has 0 atom stereocenters. The summed E-state index contributed by atoms with van der Waals surface area (Å²) >= 11 is 4.96. The Morgan fingerprint density at radius 1 is 0.786 bits per heavy atom. The standard InChI is InChI=1S/C14H13N2S2.C6H5N3S/c1-16(11-5-3-2-4-6-11)14-17-12-8-7-10(15)9-13(12)18-14;7-4-1-2-6-5(3-4)8-9-10-6/h2-9H,15H2,1H3;1-3H,7H2/q+1;/b16-14+;. The summed E-state index contributed by atoms with van der Waals surface area (Å²) in [5, 5.41) is 3.87. The van der Waals surface area contributed by atoms with Gasteiger partial charge in [0.05, 0.1) is 14.1 Å². The van der Waals surface area contributed by atoms with Crippen molar-refractivity contribution in [2.24, 2.45) is 0 Å². The molecule has 0 spiro atoms. The molecular weight excluding hydrogens is 406 g/mol. The van der Waals surface area contributed by atoms with Crippen molar-refractivity contribution < 1.29 is 0 Å². The molecule has 5 rings (SSSR count). The minimum absolute atomic E-state index is 0.736. The SMILES string of the molecule is C/[N+](c1ccccc1)=c1/sc2ccc(N)cc2s1.Nc1ccc2snnc2c1. The lowest BCUT2D eigenvalue weighted by atomic mass is 10.3. The molecule has 0 bridgehead atoms. The number of benzene rings is 3. The average molecular weight is 425 g/mol. The highest BCUT2D eigenvalue weighted by Gasteiger charge is 2.08. The number of para-hydroxylation sites is 1. The molecule has 0 radical (unpaired) electrons. The Morgan fingerprint density at radius 2 is 1.46 bits per heavy atom. The molecule has 140 valence electrons. The smallest absolute Gasteiger partial charge is 0.320 e. The quantitative estimate of drug-likeness (QED) is 0.305. The van der Waals surface area contributed by atoms with Gasteiger partial charge in [0.15, 0.2) is 0 Å². The fourth-order valence-corrected chi connectivity index (χ4v) is 5.60. The highest BCUT2D eigenvalue weighted by atomic mass is 32.2. The third-order valence-electron chi connectivity index (χ3n) is 4.05. The van der Waals surface area contributed by atoms with Gasteiger partial charge in [-0.05, 0) is 47.9 Å². The Kier molecular flexibility index (Phi) is 5.34. The van der Waals surface area contributed by atoms with Crippen molar-refractivity contribution in [2.75, 3.05) is 18.5 Å². The van der Waals surface area contributed by atoms with Gasteiger partial charge in [-0.3, -0.25) is 0 Å². The van der Waals surface area contributed by atoms with Crippen molar-refractivity contribution in [1.29, 1.82) is 0 Å². The zero-order chi connectivity index (χ0) is 19.5. The van der Waals surface area contributed by atoms with Crippen molar-refractivity contribution in [3.8, 4) is 0 Å². The van der Waals surface area contributed by atoms with Crippen molar-refractivity contribution in [2.45, 2.75) is 0 Å². The van der Waals surface area contributed by atoms with E-state index in [9.17, 15) is 0 Å². The second-order valence-electron chi connectivity index (χ2n) is 6.07. The Bertz CT molecular complexity index is 1300. The van der Waals surface area contributed by atoms with Crippen LogP contribution in [0.4, 0.5) is 17.1 Å². The van der Waals surface area contributed by atoms with Crippen LogP contribution >= 0.6 is 34.2 Å². The van der Waals surface area contributed by atoms with Gasteiger partial charge in [-0.1, -0.05) is 45.4 Å². The number of nitrogens with two attached hydrogens (primary N) is 2. The molecule has 4 N–H and O–H groups in total. The Hall–Kier alpha value is -2.81. The summed E-state index contributed by atoms with van der Waals surface area (Å²) in [6.45, 7) is 0. The summed E-state index contributed by atoms with van der Waals surface area (Å²) in [6.07, 6.45) is 0. The van der Waals surface area contributed by atoms with Gasteiger partial charge >= 0.3 is 3.98 Å². The number of fused-ring (bicyclic) bond motifs is 2. The first-order chi connectivity index (χ1) is 13.6. The molecule has 0 aliphatic carbocycles. The van der Waals surface area contributed by atoms with Crippen molar-refractivity contribution in [3.05, 3.63) is 70.7 Å². The normalized spacial score (nSPS) is 11.9. The highest BCUT2D eigenvalue weighted by molar-refractivity contribution is 7.35. The van der Waals surface area contributed by atoms with E-state index in [1.807, 2.05) is 36.4 Å². The van der Waals surface area contributed by atoms with Gasteiger partial charge in [-0.2, -0.15) is 4.58 Å². The van der Waals surface area contributed by atoms with Gasteiger partial charge in [0.25, 0.3) is 0 Å². The molecule has 0 unspecified atom stereocenters. The molecule has 3 aromatic carbocycles. The summed E-state index contributed by atoms with van der Waals surface area (Å²) in [7, 11) is 2.10. The number of hydrogen-bond acceptors (Lipinski definition) is 7. The third kappa shape index (κ3) is 4.04. The zero-order valence-corrected chi connectivity index (χ0v) is 17.5. The lowest BCUT2D eigenvalue weighted by Gasteiger charge is -1.91. The third-order valence-corrected chi connectivity index (χ3v) is 7.42. The molecule has 8 heteroatoms. The summed E-state index contributed by atoms with van der Waals surface area (Å²) < 4.78 is 10.9. The zero-order valence-electron chi connectivity index (χ0n) is 15.1. The van der Waals surface area contributed by atoms with Gasteiger partial charge in [-0.15, -0.1) is 5.10 Å². The number of aromatic nitrogens is 2. The van der Waals surface area contributed by atoms with E-state index in [1.54, 1.807) is 22.7 Å². The van der Waals surface area contributed by atoms with Crippen LogP contribution in [0.15, 0.2) is 66.7 Å². The van der Waals surface area contributed by atoms with Gasteiger partial charge in [-0.25, -0.2) is 0 Å². The average Bonchev–Trinajstić information content (AvgIpc) is 3.34. The van der Waals surface area contributed by atoms with Crippen LogP contribution in [0, 0.1) is 0 Å². The van der Waals surface area contributed by atoms with Crippen molar-refractivity contribution in [3.63, 3.8) is 0 Å². The molecule has 0 amide bonds. The van der Waals surface area contributed by atoms with Crippen LogP contribution < -0.4 is 20.0 Å². The number of rotatable bonds is 1. The molecule has 2 heterocycles. The van der Waals surface area contributed by atoms with Crippen LogP contribution in [-0.2, 0) is 0 Å². The molecule has 0 saturated heterocycles. The molecule has 28 heavy (non-hydrogen) atoms. The van der Waals surface area contributed by atoms with Crippen LogP contribution in [0.5, 0.6) is 0 Å². The lowest BCUT2D eigenvalue weighted by Crippen LogP contribution is -2.14. The Morgan fingerprint density at radius 3 is 2.25 bits per heavy atom. The predicted molar refractivity (Wildman–Crippen MR) is 123 cm³/mol. The van der Waals surface area contributed by atoms with Gasteiger partial charge in [0.2, 0.25) is 5.69 Å². The van der Waals surface area contributed by atoms with E-state index in [-0.39, 0.29) is 0 Å². The Labute approximate surface area is 174 Å². The summed E-state index contributed by atoms with van der Waals surface area (Å²) in [6, 6.07) is 22.1. The molecule has 0 aliphatic heterocycles. The molecular formula is C20H18N5S3+. The molecule has 0 fully saturated rings. The molecule has 2 aromatic heterocycles. The van der Waals surface area contributed by atoms with E-state index >= 15 is 0 Å². The van der Waals surface area contributed by atoms with E-state index < -0.39 is 0 Å². The maximum atomic E-state index is 5.82. The van der Waals surface area contributed by atoms with Crippen LogP contribution in [-0.4, -0.2) is 16.6 Å². The van der Waals surface area contributed by atoms with E-state index in [1.165, 1.54) is 30.6 Å². The lowest BCUT2D eigenvalue weighted by molar-refractivity contribution is 0.931. The topological polar surface area (TPSA) is 80.8 Å². The van der Waals surface area contributed by atoms with Crippen LogP contribution in [0.3, 0.4) is 0 Å². The fourth-order valence-electron chi connectivity index (χ4n) is 2.59. The molecule has 5 aromatic rings. The van der Waals surface area contributed by atoms with Crippen LogP contribution in [0.25, 0.3) is 19.6 Å². The first-order valence-corrected chi connectivity index (χ1v) is 10.9. The van der Waals surface area contributed by atoms with Gasteiger partial charge in [0, 0.05) is 23.5 Å². The Balaban J connectivity index is 0.000000162. The number of nitrogens with zero attached hydrogens (tertiary/aromatic N) is 3. The van der Waals surface area contributed by atoms with Crippen LogP contribution in [0.2, 0.25) is 0 Å². The maximum Gasteiger partial charge on any atom is 0.320 e. The number of hydrogen-bond donors (Lipinski definition) is 2. The van der Waals surface area contributed by atoms with E-state index in [0.29, 0.717) is 0 Å². The second-order valence-corrected chi connectivity index (χ2v) is 9.18. The van der Waals surface area contributed by atoms with Gasteiger partial charge < -0.3 is 11.5 Å². The summed E-state index contributed by atoms with van der Waals surface area (Å²) in [5.74, 6) is 0. The first-order valence-electron chi connectivity index (χ1n) is 8.49. The summed E-state index contributed by atoms with van der Waals surface area (Å²) in [5.41, 5.74) is 15.0. The second kappa shape index (κ2) is 8.05. The first kappa shape index (κ1) is 18.5. The van der Waals surface area contributed by atoms with E-state index in [2.05, 4.69) is 51.5 Å². The minimum Gasteiger partial charge on any atom is -0.399 e. The van der Waals surface area contributed by atoms with Crippen molar-refractivity contribution in [1.82, 2.24) is 14.2 Å². The summed E-state index contributed by atoms with van der Waals surface area (Å²) in [4.78, 5) is 0. The van der Waals surface area contributed by atoms with Gasteiger partial charge in [0.1, 0.15) is 12.6 Å². The van der Waals surface area contributed by atoms with Crippen LogP contribution in [0.1, 0.15) is 0 Å². The maximum absolute atomic E-state index is 5.82. The molecule has 0 aliphatic rings. The predicted octanol–water partition coefficient (Wildman–Crippen LogP) is 4.55. The highest BCUT2D eigenvalue weighted by Crippen LogP contribution is 2.23. The fraction of sp³-hybridized carbons (Fsp3) is 0.0500. The monoisotopic (exact) mass is 424 g/mol. The molecule has 5 nitrogen and oxygen atoms in total. The molecule has 0 saturated carbocycles. The van der Waals surface area contributed by atoms with E-state index in [4.69, 9.17) is 11.5 Å². The minimum atomic E-state index is 0.736. The van der Waals surface area contributed by atoms with E-state index in [0.717, 1.165) is 21.6 Å².